The second-order valence-corrected chi connectivity index (χ2v) is 6.34. The zero-order chi connectivity index (χ0) is 13.7. The number of imidazole rings is 1. The number of hydrogen-bond donors (Lipinski definition) is 0. The number of aromatic nitrogens is 4. The zero-order valence-corrected chi connectivity index (χ0v) is 13.3. The second-order valence-electron chi connectivity index (χ2n) is 4.90. The number of rotatable bonds is 2. The molecular formula is C14H10ClIN4. The molecule has 20 heavy (non-hydrogen) atoms. The average molecular weight is 397 g/mol. The van der Waals surface area contributed by atoms with E-state index in [1.165, 1.54) is 12.8 Å². The highest BCUT2D eigenvalue weighted by Gasteiger charge is 2.29. The van der Waals surface area contributed by atoms with Crippen molar-refractivity contribution in [2.45, 2.75) is 18.8 Å². The van der Waals surface area contributed by atoms with Crippen LogP contribution in [0, 0.1) is 3.57 Å². The maximum Gasteiger partial charge on any atom is 0.181 e. The zero-order valence-electron chi connectivity index (χ0n) is 10.4. The lowest BCUT2D eigenvalue weighted by molar-refractivity contribution is 0.974. The lowest BCUT2D eigenvalue weighted by atomic mass is 10.3. The van der Waals surface area contributed by atoms with E-state index in [2.05, 4.69) is 37.5 Å². The molecule has 100 valence electrons. The van der Waals surface area contributed by atoms with Gasteiger partial charge in [0.1, 0.15) is 16.5 Å². The molecule has 0 bridgehead atoms. The van der Waals surface area contributed by atoms with Crippen LogP contribution >= 0.6 is 34.2 Å². The van der Waals surface area contributed by atoms with Gasteiger partial charge in [-0.2, -0.15) is 0 Å². The Morgan fingerprint density at radius 1 is 1.20 bits per heavy atom. The predicted molar refractivity (Wildman–Crippen MR) is 85.9 cm³/mol. The van der Waals surface area contributed by atoms with Crippen molar-refractivity contribution in [2.75, 3.05) is 0 Å². The summed E-state index contributed by atoms with van der Waals surface area (Å²) in [4.78, 5) is 13.6. The van der Waals surface area contributed by atoms with E-state index in [1.54, 1.807) is 0 Å². The molecule has 0 spiro atoms. The quantitative estimate of drug-likeness (QED) is 0.487. The van der Waals surface area contributed by atoms with Gasteiger partial charge >= 0.3 is 0 Å². The molecule has 3 heterocycles. The van der Waals surface area contributed by atoms with Gasteiger partial charge in [-0.25, -0.2) is 15.0 Å². The molecule has 0 aliphatic heterocycles. The number of halogens is 2. The molecule has 4 rings (SSSR count). The van der Waals surface area contributed by atoms with Gasteiger partial charge in [0.05, 0.1) is 9.26 Å². The fraction of sp³-hybridized carbons (Fsp3) is 0.214. The van der Waals surface area contributed by atoms with Crippen LogP contribution < -0.4 is 0 Å². The maximum absolute atomic E-state index is 6.25. The molecule has 1 saturated carbocycles. The van der Waals surface area contributed by atoms with Crippen LogP contribution in [0.2, 0.25) is 5.15 Å². The summed E-state index contributed by atoms with van der Waals surface area (Å²) < 4.78 is 2.93. The van der Waals surface area contributed by atoms with E-state index in [-0.39, 0.29) is 0 Å². The number of nitrogens with zero attached hydrogens (tertiary/aromatic N) is 4. The second kappa shape index (κ2) is 4.66. The Morgan fingerprint density at radius 3 is 2.80 bits per heavy atom. The first-order valence-corrected chi connectivity index (χ1v) is 7.85. The summed E-state index contributed by atoms with van der Waals surface area (Å²) in [6, 6.07) is 5.89. The molecule has 1 aliphatic rings. The van der Waals surface area contributed by atoms with Crippen molar-refractivity contribution < 1.29 is 0 Å². The predicted octanol–water partition coefficient (Wildman–Crippen LogP) is 3.93. The molecule has 0 unspecified atom stereocenters. The minimum absolute atomic E-state index is 0.523. The van der Waals surface area contributed by atoms with Crippen LogP contribution in [-0.4, -0.2) is 19.4 Å². The summed E-state index contributed by atoms with van der Waals surface area (Å²) in [7, 11) is 0. The van der Waals surface area contributed by atoms with Crippen molar-refractivity contribution in [1.82, 2.24) is 19.4 Å². The Bertz CT molecular complexity index is 777. The largest absolute Gasteiger partial charge is 0.306 e. The molecule has 3 aromatic heterocycles. The summed E-state index contributed by atoms with van der Waals surface area (Å²) in [6.45, 7) is 0. The molecule has 0 atom stereocenters. The van der Waals surface area contributed by atoms with E-state index >= 15 is 0 Å². The minimum Gasteiger partial charge on any atom is -0.306 e. The van der Waals surface area contributed by atoms with Gasteiger partial charge in [-0.3, -0.25) is 0 Å². The summed E-state index contributed by atoms with van der Waals surface area (Å²) in [5.74, 6) is 1.15. The minimum atomic E-state index is 0.523. The molecule has 0 amide bonds. The Kier molecular flexibility index (Phi) is 2.92. The number of fused-ring (bicyclic) bond motifs is 1. The molecule has 1 aliphatic carbocycles. The topological polar surface area (TPSA) is 43.1 Å². The van der Waals surface area contributed by atoms with E-state index < -0.39 is 0 Å². The van der Waals surface area contributed by atoms with Crippen molar-refractivity contribution in [3.05, 3.63) is 45.0 Å². The van der Waals surface area contributed by atoms with E-state index in [0.29, 0.717) is 16.9 Å². The Labute approximate surface area is 134 Å². The number of pyridine rings is 1. The van der Waals surface area contributed by atoms with Crippen LogP contribution in [0.3, 0.4) is 0 Å². The summed E-state index contributed by atoms with van der Waals surface area (Å²) in [6.07, 6.45) is 6.27. The summed E-state index contributed by atoms with van der Waals surface area (Å²) in [5, 5.41) is 0.523. The highest BCUT2D eigenvalue weighted by atomic mass is 127. The van der Waals surface area contributed by atoms with Crippen molar-refractivity contribution in [1.29, 1.82) is 0 Å². The van der Waals surface area contributed by atoms with E-state index in [0.717, 1.165) is 20.6 Å². The van der Waals surface area contributed by atoms with Crippen LogP contribution in [0.1, 0.15) is 24.5 Å². The first-order chi connectivity index (χ1) is 9.72. The average Bonchev–Trinajstić information content (AvgIpc) is 3.19. The van der Waals surface area contributed by atoms with Gasteiger partial charge in [-0.1, -0.05) is 17.7 Å². The highest BCUT2D eigenvalue weighted by molar-refractivity contribution is 14.1. The molecule has 0 saturated heterocycles. The van der Waals surface area contributed by atoms with E-state index in [4.69, 9.17) is 11.6 Å². The first kappa shape index (κ1) is 12.5. The van der Waals surface area contributed by atoms with Crippen LogP contribution in [0.5, 0.6) is 0 Å². The van der Waals surface area contributed by atoms with Crippen LogP contribution in [0.15, 0.2) is 30.6 Å². The standard InChI is InChI=1S/C14H10ClIN4/c15-13-11(16)12(8-4-5-8)18-14(19-13)9-7-20-6-2-1-3-10(20)17-9/h1-3,6-8H,4-5H2. The van der Waals surface area contributed by atoms with Gasteiger partial charge in [-0.05, 0) is 47.6 Å². The third kappa shape index (κ3) is 2.09. The van der Waals surface area contributed by atoms with Gasteiger partial charge < -0.3 is 4.40 Å². The van der Waals surface area contributed by atoms with Crippen LogP contribution in [0.25, 0.3) is 17.2 Å². The van der Waals surface area contributed by atoms with E-state index in [1.807, 2.05) is 35.0 Å². The third-order valence-corrected chi connectivity index (χ3v) is 5.05. The van der Waals surface area contributed by atoms with Crippen LogP contribution in [-0.2, 0) is 0 Å². The van der Waals surface area contributed by atoms with Gasteiger partial charge in [0.15, 0.2) is 5.82 Å². The van der Waals surface area contributed by atoms with E-state index in [9.17, 15) is 0 Å². The van der Waals surface area contributed by atoms with Gasteiger partial charge in [0.2, 0.25) is 0 Å². The molecule has 6 heteroatoms. The molecule has 3 aromatic rings. The van der Waals surface area contributed by atoms with Crippen molar-refractivity contribution in [2.24, 2.45) is 0 Å². The third-order valence-electron chi connectivity index (χ3n) is 3.39. The van der Waals surface area contributed by atoms with Gasteiger partial charge in [0.25, 0.3) is 0 Å². The lowest BCUT2D eigenvalue weighted by Gasteiger charge is -2.05. The summed E-state index contributed by atoms with van der Waals surface area (Å²) >= 11 is 8.47. The molecule has 0 N–H and O–H groups in total. The summed E-state index contributed by atoms with van der Waals surface area (Å²) in [5.41, 5.74) is 2.71. The lowest BCUT2D eigenvalue weighted by Crippen LogP contribution is -1.99. The molecule has 0 aromatic carbocycles. The maximum atomic E-state index is 6.25. The first-order valence-electron chi connectivity index (χ1n) is 6.39. The molecule has 4 nitrogen and oxygen atoms in total. The molecule has 0 radical (unpaired) electrons. The Morgan fingerprint density at radius 2 is 2.05 bits per heavy atom. The highest BCUT2D eigenvalue weighted by Crippen LogP contribution is 2.42. The fourth-order valence-electron chi connectivity index (χ4n) is 2.22. The smallest absolute Gasteiger partial charge is 0.181 e. The van der Waals surface area contributed by atoms with Crippen molar-refractivity contribution in [3.8, 4) is 11.5 Å². The normalized spacial score (nSPS) is 14.9. The van der Waals surface area contributed by atoms with Gasteiger partial charge in [0, 0.05) is 18.3 Å². The Balaban J connectivity index is 1.88. The SMILES string of the molecule is Clc1nc(-c2cn3ccccc3n2)nc(C2CC2)c1I. The molecule has 1 fully saturated rings. The van der Waals surface area contributed by atoms with Crippen molar-refractivity contribution >= 4 is 39.8 Å². The molecular weight excluding hydrogens is 387 g/mol. The number of hydrogen-bond acceptors (Lipinski definition) is 3. The fourth-order valence-corrected chi connectivity index (χ4v) is 3.08. The van der Waals surface area contributed by atoms with Gasteiger partial charge in [-0.15, -0.1) is 0 Å². The monoisotopic (exact) mass is 396 g/mol. The Hall–Kier alpha value is -1.21. The van der Waals surface area contributed by atoms with Crippen LogP contribution in [0.4, 0.5) is 0 Å². The van der Waals surface area contributed by atoms with Crippen molar-refractivity contribution in [3.63, 3.8) is 0 Å².